The van der Waals surface area contributed by atoms with Gasteiger partial charge in [-0.3, -0.25) is 0 Å². The second-order valence-electron chi connectivity index (χ2n) is 4.79. The van der Waals surface area contributed by atoms with Crippen LogP contribution in [0.5, 0.6) is 5.75 Å². The molecule has 0 aliphatic rings. The molecule has 0 amide bonds. The van der Waals surface area contributed by atoms with Gasteiger partial charge in [-0.1, -0.05) is 11.6 Å². The number of aryl methyl sites for hydroxylation is 1. The monoisotopic (exact) mass is 237 g/mol. The van der Waals surface area contributed by atoms with Crippen molar-refractivity contribution in [1.82, 2.24) is 4.90 Å². The van der Waals surface area contributed by atoms with Crippen LogP contribution in [0.3, 0.4) is 0 Å². The highest BCUT2D eigenvalue weighted by atomic mass is 16.5. The van der Waals surface area contributed by atoms with Crippen molar-refractivity contribution < 1.29 is 9.84 Å². The van der Waals surface area contributed by atoms with Gasteiger partial charge in [0.15, 0.2) is 0 Å². The molecule has 1 N–H and O–H groups in total. The van der Waals surface area contributed by atoms with Gasteiger partial charge in [0.05, 0.1) is 13.2 Å². The first-order chi connectivity index (χ1) is 7.95. The van der Waals surface area contributed by atoms with Crippen molar-refractivity contribution in [3.8, 4) is 5.75 Å². The first-order valence-electron chi connectivity index (χ1n) is 5.98. The van der Waals surface area contributed by atoms with Crippen LogP contribution < -0.4 is 4.74 Å². The first kappa shape index (κ1) is 14.0. The summed E-state index contributed by atoms with van der Waals surface area (Å²) in [4.78, 5) is 2.12. The van der Waals surface area contributed by atoms with Crippen LogP contribution in [0.15, 0.2) is 18.2 Å². The van der Waals surface area contributed by atoms with Crippen LogP contribution in [0.2, 0.25) is 0 Å². The second kappa shape index (κ2) is 6.03. The predicted octanol–water partition coefficient (Wildman–Crippen LogP) is 2.38. The summed E-state index contributed by atoms with van der Waals surface area (Å²) in [6.45, 7) is 6.85. The zero-order valence-corrected chi connectivity index (χ0v) is 11.4. The van der Waals surface area contributed by atoms with Crippen molar-refractivity contribution in [2.24, 2.45) is 0 Å². The van der Waals surface area contributed by atoms with Crippen LogP contribution in [0.1, 0.15) is 31.1 Å². The smallest absolute Gasteiger partial charge is 0.124 e. The zero-order valence-electron chi connectivity index (χ0n) is 11.4. The summed E-state index contributed by atoms with van der Waals surface area (Å²) in [5.41, 5.74) is 1.99. The highest BCUT2D eigenvalue weighted by Gasteiger charge is 2.16. The Balaban J connectivity index is 2.87. The molecule has 1 unspecified atom stereocenters. The standard InChI is InChI=1S/C14H23NO2/c1-10(2)15(4)9-13(16)12-8-11(3)6-7-14(12)17-5/h6-8,10,13,16H,9H2,1-5H3. The fourth-order valence-electron chi connectivity index (χ4n) is 1.70. The molecule has 0 fully saturated rings. The number of aliphatic hydroxyl groups excluding tert-OH is 1. The maximum Gasteiger partial charge on any atom is 0.124 e. The van der Waals surface area contributed by atoms with Crippen LogP contribution >= 0.6 is 0 Å². The van der Waals surface area contributed by atoms with E-state index in [1.807, 2.05) is 32.2 Å². The van der Waals surface area contributed by atoms with Gasteiger partial charge in [0.2, 0.25) is 0 Å². The van der Waals surface area contributed by atoms with Crippen molar-refractivity contribution in [3.63, 3.8) is 0 Å². The van der Waals surface area contributed by atoms with Crippen LogP contribution in [0, 0.1) is 6.92 Å². The van der Waals surface area contributed by atoms with Crippen molar-refractivity contribution in [2.75, 3.05) is 20.7 Å². The van der Waals surface area contributed by atoms with Crippen molar-refractivity contribution in [3.05, 3.63) is 29.3 Å². The van der Waals surface area contributed by atoms with E-state index in [0.717, 1.165) is 16.9 Å². The Hall–Kier alpha value is -1.06. The van der Waals surface area contributed by atoms with Crippen LogP contribution in [-0.2, 0) is 0 Å². The number of rotatable bonds is 5. The quantitative estimate of drug-likeness (QED) is 0.853. The Morgan fingerprint density at radius 1 is 1.35 bits per heavy atom. The number of ether oxygens (including phenoxy) is 1. The molecule has 1 aromatic carbocycles. The van der Waals surface area contributed by atoms with E-state index >= 15 is 0 Å². The maximum absolute atomic E-state index is 10.3. The summed E-state index contributed by atoms with van der Waals surface area (Å²) < 4.78 is 5.28. The van der Waals surface area contributed by atoms with Crippen molar-refractivity contribution in [2.45, 2.75) is 32.9 Å². The van der Waals surface area contributed by atoms with E-state index in [-0.39, 0.29) is 0 Å². The van der Waals surface area contributed by atoms with Crippen molar-refractivity contribution >= 4 is 0 Å². The Bertz CT molecular complexity index is 363. The molecule has 3 heteroatoms. The zero-order chi connectivity index (χ0) is 13.0. The lowest BCUT2D eigenvalue weighted by Crippen LogP contribution is -2.30. The molecular formula is C14H23NO2. The third-order valence-corrected chi connectivity index (χ3v) is 3.09. The molecule has 0 heterocycles. The molecule has 3 nitrogen and oxygen atoms in total. The minimum Gasteiger partial charge on any atom is -0.496 e. The van der Waals surface area contributed by atoms with Gasteiger partial charge in [0.1, 0.15) is 5.75 Å². The van der Waals surface area contributed by atoms with E-state index < -0.39 is 6.10 Å². The van der Waals surface area contributed by atoms with Gasteiger partial charge >= 0.3 is 0 Å². The molecule has 1 aromatic rings. The van der Waals surface area contributed by atoms with Gasteiger partial charge in [0.25, 0.3) is 0 Å². The van der Waals surface area contributed by atoms with Crippen LogP contribution in [0.4, 0.5) is 0 Å². The minimum atomic E-state index is -0.516. The maximum atomic E-state index is 10.3. The number of hydrogen-bond acceptors (Lipinski definition) is 3. The molecule has 0 saturated carbocycles. The average molecular weight is 237 g/mol. The molecule has 0 aromatic heterocycles. The molecule has 0 radical (unpaired) electrons. The lowest BCUT2D eigenvalue weighted by atomic mass is 10.0. The Morgan fingerprint density at radius 3 is 2.53 bits per heavy atom. The molecule has 0 spiro atoms. The van der Waals surface area contributed by atoms with Crippen LogP contribution in [-0.4, -0.2) is 36.8 Å². The van der Waals surface area contributed by atoms with E-state index in [9.17, 15) is 5.11 Å². The molecule has 0 aliphatic carbocycles. The Labute approximate surface area is 104 Å². The molecule has 0 aliphatic heterocycles. The third kappa shape index (κ3) is 3.72. The summed E-state index contributed by atoms with van der Waals surface area (Å²) in [6.07, 6.45) is -0.516. The van der Waals surface area contributed by atoms with Gasteiger partial charge in [0, 0.05) is 18.2 Å². The van der Waals surface area contributed by atoms with Gasteiger partial charge < -0.3 is 14.7 Å². The summed E-state index contributed by atoms with van der Waals surface area (Å²) in [5, 5.41) is 10.3. The summed E-state index contributed by atoms with van der Waals surface area (Å²) in [6, 6.07) is 6.29. The van der Waals surface area contributed by atoms with E-state index in [1.165, 1.54) is 0 Å². The number of benzene rings is 1. The topological polar surface area (TPSA) is 32.7 Å². The number of aliphatic hydroxyl groups is 1. The Morgan fingerprint density at radius 2 is 2.00 bits per heavy atom. The molecule has 1 rings (SSSR count). The molecule has 17 heavy (non-hydrogen) atoms. The van der Waals surface area contributed by atoms with E-state index in [1.54, 1.807) is 7.11 Å². The summed E-state index contributed by atoms with van der Waals surface area (Å²) in [7, 11) is 3.64. The molecule has 1 atom stereocenters. The summed E-state index contributed by atoms with van der Waals surface area (Å²) in [5.74, 6) is 0.750. The number of likely N-dealkylation sites (N-methyl/N-ethyl adjacent to an activating group) is 1. The SMILES string of the molecule is COc1ccc(C)cc1C(O)CN(C)C(C)C. The number of methoxy groups -OCH3 is 1. The lowest BCUT2D eigenvalue weighted by molar-refractivity contribution is 0.110. The molecule has 0 bridgehead atoms. The fraction of sp³-hybridized carbons (Fsp3) is 0.571. The van der Waals surface area contributed by atoms with Crippen molar-refractivity contribution in [1.29, 1.82) is 0 Å². The molecule has 96 valence electrons. The first-order valence-corrected chi connectivity index (χ1v) is 5.98. The van der Waals surface area contributed by atoms with E-state index in [2.05, 4.69) is 18.7 Å². The number of hydrogen-bond donors (Lipinski definition) is 1. The van der Waals surface area contributed by atoms with E-state index in [4.69, 9.17) is 4.74 Å². The predicted molar refractivity (Wildman–Crippen MR) is 70.5 cm³/mol. The average Bonchev–Trinajstić information content (AvgIpc) is 2.28. The lowest BCUT2D eigenvalue weighted by Gasteiger charge is -2.25. The number of nitrogens with zero attached hydrogens (tertiary/aromatic N) is 1. The Kier molecular flexibility index (Phi) is 4.97. The molecule has 0 saturated heterocycles. The van der Waals surface area contributed by atoms with Gasteiger partial charge in [-0.25, -0.2) is 0 Å². The van der Waals surface area contributed by atoms with E-state index in [0.29, 0.717) is 12.6 Å². The second-order valence-corrected chi connectivity index (χ2v) is 4.79. The highest BCUT2D eigenvalue weighted by Crippen LogP contribution is 2.26. The normalized spacial score (nSPS) is 13.2. The van der Waals surface area contributed by atoms with Gasteiger partial charge in [-0.2, -0.15) is 0 Å². The fourth-order valence-corrected chi connectivity index (χ4v) is 1.70. The minimum absolute atomic E-state index is 0.417. The summed E-state index contributed by atoms with van der Waals surface area (Å²) >= 11 is 0. The molecular weight excluding hydrogens is 214 g/mol. The van der Waals surface area contributed by atoms with Crippen LogP contribution in [0.25, 0.3) is 0 Å². The van der Waals surface area contributed by atoms with Gasteiger partial charge in [-0.05, 0) is 40.0 Å². The largest absolute Gasteiger partial charge is 0.496 e. The highest BCUT2D eigenvalue weighted by molar-refractivity contribution is 5.38. The van der Waals surface area contributed by atoms with Gasteiger partial charge in [-0.15, -0.1) is 0 Å². The third-order valence-electron chi connectivity index (χ3n) is 3.09.